The molecule has 0 aliphatic carbocycles. The van der Waals surface area contributed by atoms with E-state index in [9.17, 15) is 9.18 Å². The molecule has 0 amide bonds. The van der Waals surface area contributed by atoms with Gasteiger partial charge in [-0.1, -0.05) is 0 Å². The molecule has 7 heteroatoms. The Morgan fingerprint density at radius 1 is 1.19 bits per heavy atom. The highest BCUT2D eigenvalue weighted by molar-refractivity contribution is 5.95. The molecule has 1 rings (SSSR count). The van der Waals surface area contributed by atoms with Crippen LogP contribution in [0.3, 0.4) is 0 Å². The maximum atomic E-state index is 13.7. The van der Waals surface area contributed by atoms with Gasteiger partial charge in [0.2, 0.25) is 0 Å². The molecule has 1 aromatic rings. The number of benzene rings is 1. The molecule has 0 saturated carbocycles. The van der Waals surface area contributed by atoms with Gasteiger partial charge in [0.15, 0.2) is 11.6 Å². The Kier molecular flexibility index (Phi) is 7.49. The second kappa shape index (κ2) is 9.15. The molecule has 0 aliphatic rings. The Bertz CT molecular complexity index is 467. The van der Waals surface area contributed by atoms with Gasteiger partial charge in [-0.05, 0) is 12.5 Å². The van der Waals surface area contributed by atoms with Crippen LogP contribution >= 0.6 is 0 Å². The third kappa shape index (κ3) is 5.57. The zero-order valence-corrected chi connectivity index (χ0v) is 12.2. The number of hydrogen-bond acceptors (Lipinski definition) is 6. The predicted molar refractivity (Wildman–Crippen MR) is 75.0 cm³/mol. The second-order valence-corrected chi connectivity index (χ2v) is 4.17. The van der Waals surface area contributed by atoms with E-state index in [0.717, 1.165) is 12.5 Å². The number of hydrogen-bond donors (Lipinski definition) is 1. The number of esters is 1. The van der Waals surface area contributed by atoms with Gasteiger partial charge in [0.05, 0.1) is 19.3 Å². The van der Waals surface area contributed by atoms with E-state index in [0.29, 0.717) is 19.8 Å². The number of methoxy groups -OCH3 is 2. The average molecular weight is 301 g/mol. The molecule has 21 heavy (non-hydrogen) atoms. The van der Waals surface area contributed by atoms with E-state index in [2.05, 4.69) is 4.74 Å². The van der Waals surface area contributed by atoms with Crippen molar-refractivity contribution in [1.29, 1.82) is 0 Å². The van der Waals surface area contributed by atoms with Crippen molar-refractivity contribution in [2.45, 2.75) is 6.42 Å². The first-order chi connectivity index (χ1) is 10.1. The Labute approximate surface area is 122 Å². The zero-order valence-electron chi connectivity index (χ0n) is 12.2. The average Bonchev–Trinajstić information content (AvgIpc) is 2.47. The summed E-state index contributed by atoms with van der Waals surface area (Å²) in [5.74, 6) is -1.35. The highest BCUT2D eigenvalue weighted by Crippen LogP contribution is 2.24. The number of nitrogens with two attached hydrogens (primary N) is 1. The van der Waals surface area contributed by atoms with Crippen LogP contribution in [0, 0.1) is 5.82 Å². The molecule has 6 nitrogen and oxygen atoms in total. The second-order valence-electron chi connectivity index (χ2n) is 4.17. The Hall–Kier alpha value is -1.86. The molecule has 2 N–H and O–H groups in total. The van der Waals surface area contributed by atoms with Gasteiger partial charge in [0, 0.05) is 32.1 Å². The first-order valence-electron chi connectivity index (χ1n) is 6.47. The molecule has 0 unspecified atom stereocenters. The van der Waals surface area contributed by atoms with Crippen molar-refractivity contribution >= 4 is 11.7 Å². The minimum Gasteiger partial charge on any atom is -0.488 e. The van der Waals surface area contributed by atoms with Gasteiger partial charge >= 0.3 is 5.97 Å². The summed E-state index contributed by atoms with van der Waals surface area (Å²) in [6, 6.07) is 2.25. The fourth-order valence-corrected chi connectivity index (χ4v) is 1.58. The summed E-state index contributed by atoms with van der Waals surface area (Å²) in [6.45, 7) is 1.63. The molecule has 0 saturated heterocycles. The summed E-state index contributed by atoms with van der Waals surface area (Å²) in [7, 11) is 2.84. The molecule has 0 aliphatic heterocycles. The summed E-state index contributed by atoms with van der Waals surface area (Å²) in [4.78, 5) is 11.5. The van der Waals surface area contributed by atoms with Gasteiger partial charge in [-0.3, -0.25) is 0 Å². The molecule has 0 bridgehead atoms. The van der Waals surface area contributed by atoms with Crippen LogP contribution in [0.4, 0.5) is 10.1 Å². The van der Waals surface area contributed by atoms with Crippen LogP contribution in [0.5, 0.6) is 5.75 Å². The molecule has 0 spiro atoms. The number of carbonyl (C=O) groups excluding carboxylic acids is 1. The maximum Gasteiger partial charge on any atom is 0.340 e. The fraction of sp³-hybridized carbons (Fsp3) is 0.500. The molecular formula is C14H20FNO5. The van der Waals surface area contributed by atoms with Gasteiger partial charge in [0.1, 0.15) is 6.61 Å². The predicted octanol–water partition coefficient (Wildman–Crippen LogP) is 1.63. The van der Waals surface area contributed by atoms with E-state index in [4.69, 9.17) is 19.9 Å². The van der Waals surface area contributed by atoms with E-state index in [1.54, 1.807) is 7.11 Å². The van der Waals surface area contributed by atoms with Crippen LogP contribution in [-0.4, -0.2) is 46.6 Å². The number of nitrogen functional groups attached to an aromatic ring is 1. The lowest BCUT2D eigenvalue weighted by molar-refractivity contribution is 0.0601. The van der Waals surface area contributed by atoms with Crippen LogP contribution < -0.4 is 10.5 Å². The molecule has 118 valence electrons. The van der Waals surface area contributed by atoms with Crippen molar-refractivity contribution in [3.8, 4) is 5.75 Å². The number of carbonyl (C=O) groups is 1. The first-order valence-corrected chi connectivity index (χ1v) is 6.47. The SMILES string of the molecule is COCCCOCCOc1cc(C(=O)OC)c(N)cc1F. The van der Waals surface area contributed by atoms with Crippen molar-refractivity contribution < 1.29 is 28.1 Å². The van der Waals surface area contributed by atoms with Crippen LogP contribution in [-0.2, 0) is 14.2 Å². The first kappa shape index (κ1) is 17.2. The molecule has 0 aromatic heterocycles. The van der Waals surface area contributed by atoms with Gasteiger partial charge in [-0.25, -0.2) is 9.18 Å². The summed E-state index contributed by atoms with van der Waals surface area (Å²) >= 11 is 0. The van der Waals surface area contributed by atoms with Gasteiger partial charge < -0.3 is 24.7 Å². The monoisotopic (exact) mass is 301 g/mol. The summed E-state index contributed by atoms with van der Waals surface area (Å²) in [5, 5.41) is 0. The van der Waals surface area contributed by atoms with Crippen LogP contribution in [0.1, 0.15) is 16.8 Å². The fourth-order valence-electron chi connectivity index (χ4n) is 1.58. The molecule has 1 aromatic carbocycles. The third-order valence-corrected chi connectivity index (χ3v) is 2.63. The maximum absolute atomic E-state index is 13.7. The lowest BCUT2D eigenvalue weighted by Gasteiger charge is -2.11. The van der Waals surface area contributed by atoms with E-state index in [-0.39, 0.29) is 23.6 Å². The lowest BCUT2D eigenvalue weighted by atomic mass is 10.1. The zero-order chi connectivity index (χ0) is 15.7. The number of rotatable bonds is 9. The Balaban J connectivity index is 2.49. The lowest BCUT2D eigenvalue weighted by Crippen LogP contribution is -2.11. The highest BCUT2D eigenvalue weighted by atomic mass is 19.1. The molecule has 0 heterocycles. The van der Waals surface area contributed by atoms with Gasteiger partial charge in [0.25, 0.3) is 0 Å². The van der Waals surface area contributed by atoms with E-state index in [1.807, 2.05) is 0 Å². The quantitative estimate of drug-likeness (QED) is 0.424. The number of anilines is 1. The Morgan fingerprint density at radius 3 is 2.62 bits per heavy atom. The van der Waals surface area contributed by atoms with Crippen LogP contribution in [0.25, 0.3) is 0 Å². The third-order valence-electron chi connectivity index (χ3n) is 2.63. The highest BCUT2D eigenvalue weighted by Gasteiger charge is 2.15. The summed E-state index contributed by atoms with van der Waals surface area (Å²) in [6.07, 6.45) is 0.777. The van der Waals surface area contributed by atoms with E-state index >= 15 is 0 Å². The summed E-state index contributed by atoms with van der Waals surface area (Å²) in [5.41, 5.74) is 5.62. The smallest absolute Gasteiger partial charge is 0.340 e. The standard InChI is InChI=1S/C14H20FNO5/c1-18-4-3-5-20-6-7-21-13-8-10(14(17)19-2)12(16)9-11(13)15/h8-9H,3-7,16H2,1-2H3. The topological polar surface area (TPSA) is 80.0 Å². The minimum absolute atomic E-state index is 0.00233. The molecule has 0 atom stereocenters. The number of halogens is 1. The normalized spacial score (nSPS) is 10.4. The van der Waals surface area contributed by atoms with Crippen molar-refractivity contribution in [2.24, 2.45) is 0 Å². The number of ether oxygens (including phenoxy) is 4. The largest absolute Gasteiger partial charge is 0.488 e. The van der Waals surface area contributed by atoms with Crippen molar-refractivity contribution in [2.75, 3.05) is 46.4 Å². The molecule has 0 fully saturated rings. The van der Waals surface area contributed by atoms with Crippen molar-refractivity contribution in [3.63, 3.8) is 0 Å². The van der Waals surface area contributed by atoms with E-state index in [1.165, 1.54) is 13.2 Å². The Morgan fingerprint density at radius 2 is 1.95 bits per heavy atom. The van der Waals surface area contributed by atoms with Gasteiger partial charge in [-0.15, -0.1) is 0 Å². The van der Waals surface area contributed by atoms with Gasteiger partial charge in [-0.2, -0.15) is 0 Å². The molecular weight excluding hydrogens is 281 g/mol. The van der Waals surface area contributed by atoms with E-state index < -0.39 is 11.8 Å². The van der Waals surface area contributed by atoms with Crippen molar-refractivity contribution in [1.82, 2.24) is 0 Å². The summed E-state index contributed by atoms with van der Waals surface area (Å²) < 4.78 is 33.6. The van der Waals surface area contributed by atoms with Crippen molar-refractivity contribution in [3.05, 3.63) is 23.5 Å². The van der Waals surface area contributed by atoms with Crippen LogP contribution in [0.2, 0.25) is 0 Å². The van der Waals surface area contributed by atoms with Crippen LogP contribution in [0.15, 0.2) is 12.1 Å². The molecule has 0 radical (unpaired) electrons. The minimum atomic E-state index is -0.645.